The Hall–Kier alpha value is -1.06. The van der Waals surface area contributed by atoms with Gasteiger partial charge in [-0.3, -0.25) is 4.89 Å². The Balaban J connectivity index is 2.49. The van der Waals surface area contributed by atoms with Gasteiger partial charge in [-0.2, -0.15) is 0 Å². The maximum absolute atomic E-state index is 10.7. The molecule has 2 rings (SSSR count). The summed E-state index contributed by atoms with van der Waals surface area (Å²) in [4.78, 5) is 12.5. The molecule has 0 saturated heterocycles. The third-order valence-electron chi connectivity index (χ3n) is 1.15. The summed E-state index contributed by atoms with van der Waals surface area (Å²) in [6.07, 6.45) is 1.45. The Morgan fingerprint density at radius 1 is 1.55 bits per heavy atom. The number of hydrogen-bond acceptors (Lipinski definition) is 4. The molecule has 1 atom stereocenters. The molecule has 6 heteroatoms. The van der Waals surface area contributed by atoms with E-state index in [4.69, 9.17) is 4.89 Å². The molecule has 1 unspecified atom stereocenters. The van der Waals surface area contributed by atoms with Gasteiger partial charge in [0.25, 0.3) is 5.88 Å². The Morgan fingerprint density at radius 3 is 3.09 bits per heavy atom. The van der Waals surface area contributed by atoms with Gasteiger partial charge in [0.15, 0.2) is 5.75 Å². The molecule has 2 heterocycles. The molecule has 58 valence electrons. The van der Waals surface area contributed by atoms with Crippen molar-refractivity contribution >= 4 is 7.82 Å². The molecule has 5 nitrogen and oxygen atoms in total. The van der Waals surface area contributed by atoms with E-state index in [0.717, 1.165) is 0 Å². The Morgan fingerprint density at radius 2 is 2.36 bits per heavy atom. The molecule has 1 aliphatic heterocycles. The zero-order chi connectivity index (χ0) is 7.90. The summed E-state index contributed by atoms with van der Waals surface area (Å²) in [6.45, 7) is 0. The fraction of sp³-hybridized carbons (Fsp3) is 0. The van der Waals surface area contributed by atoms with Crippen LogP contribution in [0.2, 0.25) is 0 Å². The van der Waals surface area contributed by atoms with Gasteiger partial charge < -0.3 is 9.05 Å². The van der Waals surface area contributed by atoms with E-state index in [2.05, 4.69) is 14.0 Å². The topological polar surface area (TPSA) is 68.7 Å². The predicted molar refractivity (Wildman–Crippen MR) is 35.3 cm³/mol. The average Bonchev–Trinajstić information content (AvgIpc) is 2.21. The molecule has 0 radical (unpaired) electrons. The second kappa shape index (κ2) is 1.96. The van der Waals surface area contributed by atoms with Crippen molar-refractivity contribution in [2.24, 2.45) is 0 Å². The Kier molecular flexibility index (Phi) is 1.19. The monoisotopic (exact) mass is 173 g/mol. The van der Waals surface area contributed by atoms with Crippen LogP contribution in [0.15, 0.2) is 18.3 Å². The maximum Gasteiger partial charge on any atom is 0.586 e. The minimum absolute atomic E-state index is 0.0679. The Labute approximate surface area is 62.2 Å². The van der Waals surface area contributed by atoms with Gasteiger partial charge in [0.05, 0.1) is 0 Å². The summed E-state index contributed by atoms with van der Waals surface area (Å²) in [5.74, 6) is 0.275. The normalized spacial score (nSPS) is 27.0. The van der Waals surface area contributed by atoms with E-state index in [1.807, 2.05) is 0 Å². The number of aromatic nitrogens is 1. The molecule has 0 bridgehead atoms. The van der Waals surface area contributed by atoms with Crippen molar-refractivity contribution in [3.63, 3.8) is 0 Å². The van der Waals surface area contributed by atoms with Crippen molar-refractivity contribution < 1.29 is 18.5 Å². The average molecular weight is 173 g/mol. The second-order valence-corrected chi connectivity index (χ2v) is 3.26. The fourth-order valence-corrected chi connectivity index (χ4v) is 1.55. The number of phosphoric acid groups is 1. The van der Waals surface area contributed by atoms with Gasteiger partial charge in [-0.05, 0) is 12.1 Å². The van der Waals surface area contributed by atoms with Crippen molar-refractivity contribution in [1.82, 2.24) is 4.98 Å². The lowest BCUT2D eigenvalue weighted by atomic mass is 10.4. The third-order valence-corrected chi connectivity index (χ3v) is 1.98. The van der Waals surface area contributed by atoms with E-state index in [1.165, 1.54) is 12.3 Å². The van der Waals surface area contributed by atoms with Crippen molar-refractivity contribution in [2.75, 3.05) is 0 Å². The molecule has 11 heavy (non-hydrogen) atoms. The van der Waals surface area contributed by atoms with Gasteiger partial charge in [-0.25, -0.2) is 9.55 Å². The zero-order valence-corrected chi connectivity index (χ0v) is 6.19. The van der Waals surface area contributed by atoms with Gasteiger partial charge in [-0.1, -0.05) is 0 Å². The molecule has 0 fully saturated rings. The standard InChI is InChI=1S/C5H4NO4P/c7-11(8)9-4-2-1-3-6-5(4)10-11/h1-3H,(H,7,8). The molecule has 1 aliphatic rings. The maximum atomic E-state index is 10.7. The van der Waals surface area contributed by atoms with Crippen LogP contribution in [-0.4, -0.2) is 9.88 Å². The Bertz CT molecular complexity index is 310. The second-order valence-electron chi connectivity index (χ2n) is 1.96. The van der Waals surface area contributed by atoms with Crippen LogP contribution in [0.3, 0.4) is 0 Å². The lowest BCUT2D eigenvalue weighted by Gasteiger charge is -1.96. The number of rotatable bonds is 0. The number of fused-ring (bicyclic) bond motifs is 1. The van der Waals surface area contributed by atoms with Crippen LogP contribution >= 0.6 is 7.82 Å². The summed E-state index contributed by atoms with van der Waals surface area (Å²) in [5, 5.41) is 0. The summed E-state index contributed by atoms with van der Waals surface area (Å²) in [6, 6.07) is 3.10. The van der Waals surface area contributed by atoms with Crippen molar-refractivity contribution in [3.8, 4) is 11.6 Å². The van der Waals surface area contributed by atoms with Crippen LogP contribution in [0.5, 0.6) is 11.6 Å². The molecular formula is C5H4NO4P. The van der Waals surface area contributed by atoms with Gasteiger partial charge in [-0.15, -0.1) is 0 Å². The van der Waals surface area contributed by atoms with Crippen LogP contribution in [0.25, 0.3) is 0 Å². The first-order chi connectivity index (χ1) is 5.17. The summed E-state index contributed by atoms with van der Waals surface area (Å²) in [7, 11) is -3.89. The molecule has 0 spiro atoms. The molecule has 1 N–H and O–H groups in total. The quantitative estimate of drug-likeness (QED) is 0.591. The zero-order valence-electron chi connectivity index (χ0n) is 5.30. The highest BCUT2D eigenvalue weighted by Gasteiger charge is 2.35. The molecular weight excluding hydrogens is 169 g/mol. The first-order valence-corrected chi connectivity index (χ1v) is 4.34. The predicted octanol–water partition coefficient (Wildman–Crippen LogP) is 0.953. The number of hydrogen-bond donors (Lipinski definition) is 1. The van der Waals surface area contributed by atoms with Crippen molar-refractivity contribution in [3.05, 3.63) is 18.3 Å². The van der Waals surface area contributed by atoms with Crippen LogP contribution < -0.4 is 9.05 Å². The lowest BCUT2D eigenvalue weighted by Crippen LogP contribution is -1.87. The van der Waals surface area contributed by atoms with Gasteiger partial charge in [0.2, 0.25) is 0 Å². The molecule has 0 aliphatic carbocycles. The fourth-order valence-electron chi connectivity index (χ4n) is 0.766. The minimum atomic E-state index is -3.89. The number of pyridine rings is 1. The highest BCUT2D eigenvalue weighted by Crippen LogP contribution is 2.53. The van der Waals surface area contributed by atoms with E-state index >= 15 is 0 Å². The molecule has 1 aromatic heterocycles. The van der Waals surface area contributed by atoms with E-state index in [-0.39, 0.29) is 11.6 Å². The van der Waals surface area contributed by atoms with E-state index in [9.17, 15) is 4.57 Å². The summed E-state index contributed by atoms with van der Waals surface area (Å²) < 4.78 is 19.7. The molecule has 1 aromatic rings. The largest absolute Gasteiger partial charge is 0.586 e. The number of phosphoric ester groups is 1. The highest BCUT2D eigenvalue weighted by molar-refractivity contribution is 7.48. The smallest absolute Gasteiger partial charge is 0.389 e. The van der Waals surface area contributed by atoms with Crippen LogP contribution in [0, 0.1) is 0 Å². The molecule has 0 aromatic carbocycles. The van der Waals surface area contributed by atoms with E-state index < -0.39 is 7.82 Å². The summed E-state index contributed by atoms with van der Waals surface area (Å²) in [5.41, 5.74) is 0. The van der Waals surface area contributed by atoms with Crippen molar-refractivity contribution in [1.29, 1.82) is 0 Å². The van der Waals surface area contributed by atoms with Crippen molar-refractivity contribution in [2.45, 2.75) is 0 Å². The molecule has 0 amide bonds. The van der Waals surface area contributed by atoms with E-state index in [0.29, 0.717) is 0 Å². The lowest BCUT2D eigenvalue weighted by molar-refractivity contribution is 0.322. The SMILES string of the molecule is O=P1(O)Oc2cccnc2O1. The number of nitrogens with zero attached hydrogens (tertiary/aromatic N) is 1. The van der Waals surface area contributed by atoms with E-state index in [1.54, 1.807) is 6.07 Å². The first-order valence-electron chi connectivity index (χ1n) is 2.84. The van der Waals surface area contributed by atoms with Crippen LogP contribution in [-0.2, 0) is 4.57 Å². The van der Waals surface area contributed by atoms with Gasteiger partial charge in [0, 0.05) is 6.20 Å². The van der Waals surface area contributed by atoms with Gasteiger partial charge in [0.1, 0.15) is 0 Å². The molecule has 0 saturated carbocycles. The first kappa shape index (κ1) is 6.64. The summed E-state index contributed by atoms with van der Waals surface area (Å²) >= 11 is 0. The minimum Gasteiger partial charge on any atom is -0.389 e. The highest BCUT2D eigenvalue weighted by atomic mass is 31.2. The van der Waals surface area contributed by atoms with Crippen LogP contribution in [0.4, 0.5) is 0 Å². The van der Waals surface area contributed by atoms with Gasteiger partial charge >= 0.3 is 7.82 Å². The van der Waals surface area contributed by atoms with Crippen LogP contribution in [0.1, 0.15) is 0 Å². The third kappa shape index (κ3) is 1.08.